The van der Waals surface area contributed by atoms with Gasteiger partial charge in [-0.3, -0.25) is 9.69 Å². The van der Waals surface area contributed by atoms with Gasteiger partial charge in [-0.1, -0.05) is 0 Å². The highest BCUT2D eigenvalue weighted by Crippen LogP contribution is 2.19. The van der Waals surface area contributed by atoms with Gasteiger partial charge in [-0.15, -0.1) is 10.2 Å². The van der Waals surface area contributed by atoms with Crippen molar-refractivity contribution in [3.05, 3.63) is 12.2 Å². The summed E-state index contributed by atoms with van der Waals surface area (Å²) in [6.45, 7) is 8.53. The summed E-state index contributed by atoms with van der Waals surface area (Å²) in [6.07, 6.45) is 2.62. The first-order chi connectivity index (χ1) is 8.85. The largest absolute Gasteiger partial charge is 0.351 e. The fourth-order valence-corrected chi connectivity index (χ4v) is 2.31. The summed E-state index contributed by atoms with van der Waals surface area (Å²) in [5.74, 6) is 1.19. The number of hydrogen-bond donors (Lipinski definition) is 1. The van der Waals surface area contributed by atoms with E-state index in [1.54, 1.807) is 6.33 Å². The Balaban J connectivity index is 1.86. The smallest absolute Gasteiger partial charge is 0.224 e. The maximum atomic E-state index is 12.1. The second-order valence-electron chi connectivity index (χ2n) is 6.32. The molecule has 1 aromatic rings. The SMILES string of the molecule is Cn1cnnc1CN1CCC(C(=O)NC(C)(C)C)C1. The average molecular weight is 265 g/mol. The van der Waals surface area contributed by atoms with E-state index < -0.39 is 0 Å². The molecule has 0 aromatic carbocycles. The van der Waals surface area contributed by atoms with E-state index in [2.05, 4.69) is 20.4 Å². The van der Waals surface area contributed by atoms with Crippen LogP contribution >= 0.6 is 0 Å². The lowest BCUT2D eigenvalue weighted by Crippen LogP contribution is -2.44. The van der Waals surface area contributed by atoms with Gasteiger partial charge in [0.1, 0.15) is 12.2 Å². The second-order valence-corrected chi connectivity index (χ2v) is 6.32. The normalized spacial score (nSPS) is 20.7. The number of nitrogens with one attached hydrogen (secondary N) is 1. The van der Waals surface area contributed by atoms with Gasteiger partial charge in [-0.2, -0.15) is 0 Å². The molecular formula is C13H23N5O. The van der Waals surface area contributed by atoms with Crippen LogP contribution < -0.4 is 5.32 Å². The summed E-state index contributed by atoms with van der Waals surface area (Å²) in [5, 5.41) is 11.0. The molecule has 0 saturated carbocycles. The third kappa shape index (κ3) is 3.76. The van der Waals surface area contributed by atoms with Crippen molar-refractivity contribution in [2.45, 2.75) is 39.3 Å². The maximum Gasteiger partial charge on any atom is 0.224 e. The fraction of sp³-hybridized carbons (Fsp3) is 0.769. The lowest BCUT2D eigenvalue weighted by molar-refractivity contribution is -0.126. The lowest BCUT2D eigenvalue weighted by Gasteiger charge is -2.23. The predicted molar refractivity (Wildman–Crippen MR) is 72.3 cm³/mol. The monoisotopic (exact) mass is 265 g/mol. The molecule has 1 unspecified atom stereocenters. The second kappa shape index (κ2) is 5.28. The number of aryl methyl sites for hydroxylation is 1. The number of nitrogens with zero attached hydrogens (tertiary/aromatic N) is 4. The van der Waals surface area contributed by atoms with Crippen molar-refractivity contribution >= 4 is 5.91 Å². The molecule has 0 bridgehead atoms. The summed E-state index contributed by atoms with van der Waals surface area (Å²) in [5.41, 5.74) is -0.159. The van der Waals surface area contributed by atoms with Crippen LogP contribution in [-0.2, 0) is 18.4 Å². The summed E-state index contributed by atoms with van der Waals surface area (Å²) in [4.78, 5) is 14.4. The van der Waals surface area contributed by atoms with Gasteiger partial charge in [0.2, 0.25) is 5.91 Å². The van der Waals surface area contributed by atoms with Gasteiger partial charge in [-0.05, 0) is 33.7 Å². The van der Waals surface area contributed by atoms with Crippen molar-refractivity contribution in [1.29, 1.82) is 0 Å². The number of carbonyl (C=O) groups excluding carboxylic acids is 1. The van der Waals surface area contributed by atoms with Crippen LogP contribution in [0.25, 0.3) is 0 Å². The molecule has 1 aromatic heterocycles. The summed E-state index contributed by atoms with van der Waals surface area (Å²) < 4.78 is 1.92. The molecule has 1 saturated heterocycles. The van der Waals surface area contributed by atoms with E-state index in [1.165, 1.54) is 0 Å². The van der Waals surface area contributed by atoms with Gasteiger partial charge < -0.3 is 9.88 Å². The Kier molecular flexibility index (Phi) is 3.89. The molecule has 1 atom stereocenters. The van der Waals surface area contributed by atoms with E-state index in [1.807, 2.05) is 32.4 Å². The summed E-state index contributed by atoms with van der Waals surface area (Å²) in [7, 11) is 1.94. The third-order valence-corrected chi connectivity index (χ3v) is 3.31. The zero-order valence-corrected chi connectivity index (χ0v) is 12.2. The van der Waals surface area contributed by atoms with E-state index >= 15 is 0 Å². The zero-order chi connectivity index (χ0) is 14.0. The van der Waals surface area contributed by atoms with Crippen LogP contribution in [0.1, 0.15) is 33.0 Å². The van der Waals surface area contributed by atoms with E-state index in [0.29, 0.717) is 0 Å². The molecule has 2 rings (SSSR count). The number of hydrogen-bond acceptors (Lipinski definition) is 4. The van der Waals surface area contributed by atoms with Crippen molar-refractivity contribution in [2.24, 2.45) is 13.0 Å². The first-order valence-corrected chi connectivity index (χ1v) is 6.72. The standard InChI is InChI=1S/C13H23N5O/c1-13(2,3)15-12(19)10-5-6-18(7-10)8-11-16-14-9-17(11)4/h9-10H,5-8H2,1-4H3,(H,15,19). The first-order valence-electron chi connectivity index (χ1n) is 6.72. The number of carbonyl (C=O) groups is 1. The highest BCUT2D eigenvalue weighted by atomic mass is 16.2. The molecule has 19 heavy (non-hydrogen) atoms. The molecule has 6 nitrogen and oxygen atoms in total. The van der Waals surface area contributed by atoms with Gasteiger partial charge in [0.25, 0.3) is 0 Å². The fourth-order valence-electron chi connectivity index (χ4n) is 2.31. The average Bonchev–Trinajstić information content (AvgIpc) is 2.87. The van der Waals surface area contributed by atoms with Crippen LogP contribution in [0, 0.1) is 5.92 Å². The minimum Gasteiger partial charge on any atom is -0.351 e. The zero-order valence-electron chi connectivity index (χ0n) is 12.2. The molecule has 1 aliphatic rings. The Hall–Kier alpha value is -1.43. The molecule has 0 radical (unpaired) electrons. The molecule has 1 amide bonds. The number of aromatic nitrogens is 3. The van der Waals surface area contributed by atoms with E-state index in [-0.39, 0.29) is 17.4 Å². The molecular weight excluding hydrogens is 242 g/mol. The quantitative estimate of drug-likeness (QED) is 0.867. The van der Waals surface area contributed by atoms with Crippen molar-refractivity contribution in [3.63, 3.8) is 0 Å². The molecule has 1 N–H and O–H groups in total. The third-order valence-electron chi connectivity index (χ3n) is 3.31. The van der Waals surface area contributed by atoms with Gasteiger partial charge in [0.15, 0.2) is 0 Å². The minimum absolute atomic E-state index is 0.0902. The highest BCUT2D eigenvalue weighted by molar-refractivity contribution is 5.79. The minimum atomic E-state index is -0.159. The van der Waals surface area contributed by atoms with Crippen LogP contribution in [0.3, 0.4) is 0 Å². The van der Waals surface area contributed by atoms with Gasteiger partial charge in [0.05, 0.1) is 12.5 Å². The highest BCUT2D eigenvalue weighted by Gasteiger charge is 2.30. The van der Waals surface area contributed by atoms with Gasteiger partial charge in [0, 0.05) is 19.1 Å². The van der Waals surface area contributed by atoms with Crippen molar-refractivity contribution in [2.75, 3.05) is 13.1 Å². The van der Waals surface area contributed by atoms with Gasteiger partial charge in [-0.25, -0.2) is 0 Å². The Morgan fingerprint density at radius 1 is 1.53 bits per heavy atom. The topological polar surface area (TPSA) is 63.1 Å². The molecule has 2 heterocycles. The first kappa shape index (κ1) is 14.0. The Morgan fingerprint density at radius 2 is 2.26 bits per heavy atom. The molecule has 1 fully saturated rings. The number of amides is 1. The van der Waals surface area contributed by atoms with E-state index in [0.717, 1.165) is 31.9 Å². The predicted octanol–water partition coefficient (Wildman–Crippen LogP) is 0.552. The summed E-state index contributed by atoms with van der Waals surface area (Å²) >= 11 is 0. The Morgan fingerprint density at radius 3 is 2.84 bits per heavy atom. The van der Waals surface area contributed by atoms with Crippen molar-refractivity contribution in [3.8, 4) is 0 Å². The molecule has 106 valence electrons. The molecule has 0 aliphatic carbocycles. The van der Waals surface area contributed by atoms with Crippen molar-refractivity contribution < 1.29 is 4.79 Å². The van der Waals surface area contributed by atoms with E-state index in [9.17, 15) is 4.79 Å². The Bertz CT molecular complexity index is 448. The Labute approximate surface area is 114 Å². The van der Waals surface area contributed by atoms with E-state index in [4.69, 9.17) is 0 Å². The van der Waals surface area contributed by atoms with Crippen LogP contribution in [0.2, 0.25) is 0 Å². The van der Waals surface area contributed by atoms with Crippen LogP contribution in [0.15, 0.2) is 6.33 Å². The number of rotatable bonds is 3. The maximum absolute atomic E-state index is 12.1. The summed E-state index contributed by atoms with van der Waals surface area (Å²) in [6, 6.07) is 0. The van der Waals surface area contributed by atoms with Crippen LogP contribution in [-0.4, -0.2) is 44.2 Å². The molecule has 0 spiro atoms. The lowest BCUT2D eigenvalue weighted by atomic mass is 10.0. The number of likely N-dealkylation sites (tertiary alicyclic amines) is 1. The van der Waals surface area contributed by atoms with Crippen LogP contribution in [0.5, 0.6) is 0 Å². The van der Waals surface area contributed by atoms with Gasteiger partial charge >= 0.3 is 0 Å². The van der Waals surface area contributed by atoms with Crippen LogP contribution in [0.4, 0.5) is 0 Å². The molecule has 6 heteroatoms. The van der Waals surface area contributed by atoms with Crippen molar-refractivity contribution in [1.82, 2.24) is 25.0 Å². The molecule has 1 aliphatic heterocycles.